The van der Waals surface area contributed by atoms with E-state index in [2.05, 4.69) is 20.7 Å². The van der Waals surface area contributed by atoms with E-state index in [0.717, 1.165) is 6.26 Å². The average Bonchev–Trinajstić information content (AvgIpc) is 2.37. The molecule has 0 atom stereocenters. The molecule has 21 heavy (non-hydrogen) atoms. The number of rotatable bonds is 6. The van der Waals surface area contributed by atoms with Crippen LogP contribution in [0.15, 0.2) is 22.7 Å². The number of hydrogen-bond acceptors (Lipinski definition) is 6. The summed E-state index contributed by atoms with van der Waals surface area (Å²) in [5.41, 5.74) is 0.748. The zero-order chi connectivity index (χ0) is 16.3. The summed E-state index contributed by atoms with van der Waals surface area (Å²) in [6.45, 7) is 0. The quantitative estimate of drug-likeness (QED) is 0.667. The van der Waals surface area contributed by atoms with Gasteiger partial charge >= 0.3 is 5.97 Å². The fourth-order valence-electron chi connectivity index (χ4n) is 1.50. The summed E-state index contributed by atoms with van der Waals surface area (Å²) >= 11 is 3.20. The van der Waals surface area contributed by atoms with Crippen molar-refractivity contribution in [3.8, 4) is 0 Å². The van der Waals surface area contributed by atoms with Crippen LogP contribution in [0.2, 0.25) is 0 Å². The molecule has 118 valence electrons. The standard InChI is InChI=1S/C12H15BrO6S2/c1-19-12(14)9-3-4-10(11(13)7-9)8-21(17,18)6-5-20(2,15)16/h3-4,7H,5-6,8H2,1-2H3. The third-order valence-corrected chi connectivity index (χ3v) is 6.13. The smallest absolute Gasteiger partial charge is 0.337 e. The number of carbonyl (C=O) groups is 1. The summed E-state index contributed by atoms with van der Waals surface area (Å²) in [5, 5.41) is 0. The number of esters is 1. The van der Waals surface area contributed by atoms with Crippen molar-refractivity contribution >= 4 is 41.6 Å². The maximum Gasteiger partial charge on any atom is 0.337 e. The molecule has 0 N–H and O–H groups in total. The molecular weight excluding hydrogens is 384 g/mol. The SMILES string of the molecule is COC(=O)c1ccc(CS(=O)(=O)CCS(C)(=O)=O)c(Br)c1. The minimum atomic E-state index is -3.55. The third kappa shape index (κ3) is 6.15. The predicted molar refractivity (Wildman–Crippen MR) is 82.7 cm³/mol. The van der Waals surface area contributed by atoms with Gasteiger partial charge in [0, 0.05) is 10.7 Å². The van der Waals surface area contributed by atoms with Gasteiger partial charge in [-0.3, -0.25) is 0 Å². The highest BCUT2D eigenvalue weighted by atomic mass is 79.9. The predicted octanol–water partition coefficient (Wildman–Crippen LogP) is 1.20. The van der Waals surface area contributed by atoms with Crippen LogP contribution in [0, 0.1) is 0 Å². The molecule has 0 unspecified atom stereocenters. The van der Waals surface area contributed by atoms with E-state index in [-0.39, 0.29) is 5.75 Å². The summed E-state index contributed by atoms with van der Waals surface area (Å²) in [5.74, 6) is -1.67. The van der Waals surface area contributed by atoms with Crippen molar-refractivity contribution in [1.82, 2.24) is 0 Å². The lowest BCUT2D eigenvalue weighted by atomic mass is 10.1. The topological polar surface area (TPSA) is 94.6 Å². The van der Waals surface area contributed by atoms with Crippen LogP contribution in [0.25, 0.3) is 0 Å². The lowest BCUT2D eigenvalue weighted by Gasteiger charge is -2.07. The Kier molecular flexibility index (Phi) is 5.94. The van der Waals surface area contributed by atoms with Crippen molar-refractivity contribution in [2.45, 2.75) is 5.75 Å². The third-order valence-electron chi connectivity index (χ3n) is 2.61. The first-order valence-corrected chi connectivity index (χ1v) is 10.5. The van der Waals surface area contributed by atoms with Crippen LogP contribution in [0.4, 0.5) is 0 Å². The zero-order valence-electron chi connectivity index (χ0n) is 11.5. The highest BCUT2D eigenvalue weighted by Crippen LogP contribution is 2.21. The first-order chi connectivity index (χ1) is 9.54. The molecule has 0 spiro atoms. The highest BCUT2D eigenvalue weighted by molar-refractivity contribution is 9.10. The van der Waals surface area contributed by atoms with Crippen molar-refractivity contribution in [3.05, 3.63) is 33.8 Å². The summed E-state index contributed by atoms with van der Waals surface area (Å²) in [4.78, 5) is 11.3. The molecule has 0 heterocycles. The molecule has 0 fully saturated rings. The second-order valence-electron chi connectivity index (χ2n) is 4.52. The number of hydrogen-bond donors (Lipinski definition) is 0. The summed E-state index contributed by atoms with van der Waals surface area (Å²) in [6.07, 6.45) is 0.990. The van der Waals surface area contributed by atoms with E-state index in [1.165, 1.54) is 25.3 Å². The van der Waals surface area contributed by atoms with Gasteiger partial charge in [-0.05, 0) is 17.7 Å². The van der Waals surface area contributed by atoms with Crippen molar-refractivity contribution in [3.63, 3.8) is 0 Å². The lowest BCUT2D eigenvalue weighted by Crippen LogP contribution is -2.18. The van der Waals surface area contributed by atoms with E-state index in [0.29, 0.717) is 15.6 Å². The van der Waals surface area contributed by atoms with Crippen LogP contribution in [-0.2, 0) is 30.2 Å². The number of halogens is 1. The Bertz CT molecular complexity index is 737. The molecule has 0 saturated heterocycles. The van der Waals surface area contributed by atoms with Crippen LogP contribution in [0.3, 0.4) is 0 Å². The molecule has 0 radical (unpaired) electrons. The second kappa shape index (κ2) is 6.89. The maximum atomic E-state index is 11.9. The van der Waals surface area contributed by atoms with Crippen LogP contribution < -0.4 is 0 Å². The molecular formula is C12H15BrO6S2. The number of methoxy groups -OCH3 is 1. The monoisotopic (exact) mass is 398 g/mol. The number of ether oxygens (including phenoxy) is 1. The molecule has 0 aliphatic heterocycles. The molecule has 0 bridgehead atoms. The summed E-state index contributed by atoms with van der Waals surface area (Å²) in [6, 6.07) is 4.42. The van der Waals surface area contributed by atoms with Crippen molar-refractivity contribution in [2.75, 3.05) is 24.9 Å². The normalized spacial score (nSPS) is 12.1. The number of benzene rings is 1. The van der Waals surface area contributed by atoms with E-state index in [9.17, 15) is 21.6 Å². The number of sulfone groups is 2. The Balaban J connectivity index is 2.90. The van der Waals surface area contributed by atoms with Crippen molar-refractivity contribution in [2.24, 2.45) is 0 Å². The molecule has 0 amide bonds. The summed E-state index contributed by atoms with van der Waals surface area (Å²) in [7, 11) is -5.64. The molecule has 0 aliphatic carbocycles. The first-order valence-electron chi connectivity index (χ1n) is 5.79. The van der Waals surface area contributed by atoms with Crippen molar-refractivity contribution < 1.29 is 26.4 Å². The average molecular weight is 399 g/mol. The first kappa shape index (κ1) is 18.1. The van der Waals surface area contributed by atoms with E-state index < -0.39 is 37.1 Å². The molecule has 0 aromatic heterocycles. The summed E-state index contributed by atoms with van der Waals surface area (Å²) < 4.78 is 50.9. The van der Waals surface area contributed by atoms with Gasteiger partial charge in [0.15, 0.2) is 9.84 Å². The van der Waals surface area contributed by atoms with Gasteiger partial charge in [-0.25, -0.2) is 21.6 Å². The molecule has 0 saturated carbocycles. The van der Waals surface area contributed by atoms with Gasteiger partial charge in [0.25, 0.3) is 0 Å². The van der Waals surface area contributed by atoms with Crippen molar-refractivity contribution in [1.29, 1.82) is 0 Å². The van der Waals surface area contributed by atoms with E-state index in [1.54, 1.807) is 0 Å². The lowest BCUT2D eigenvalue weighted by molar-refractivity contribution is 0.0600. The minimum absolute atomic E-state index is 0.293. The van der Waals surface area contributed by atoms with Gasteiger partial charge < -0.3 is 4.74 Å². The Morgan fingerprint density at radius 3 is 2.29 bits per heavy atom. The Morgan fingerprint density at radius 2 is 1.81 bits per heavy atom. The molecule has 9 heteroatoms. The van der Waals surface area contributed by atoms with Crippen LogP contribution in [0.5, 0.6) is 0 Å². The largest absolute Gasteiger partial charge is 0.465 e. The number of carbonyl (C=O) groups excluding carboxylic acids is 1. The zero-order valence-corrected chi connectivity index (χ0v) is 14.7. The van der Waals surface area contributed by atoms with Gasteiger partial charge in [0.05, 0.1) is 29.9 Å². The Morgan fingerprint density at radius 1 is 1.19 bits per heavy atom. The fraction of sp³-hybridized carbons (Fsp3) is 0.417. The Hall–Kier alpha value is -0.930. The fourth-order valence-corrected chi connectivity index (χ4v) is 5.30. The van der Waals surface area contributed by atoms with Crippen LogP contribution >= 0.6 is 15.9 Å². The molecule has 1 rings (SSSR count). The second-order valence-corrected chi connectivity index (χ2v) is 9.82. The molecule has 1 aromatic carbocycles. The van der Waals surface area contributed by atoms with Crippen LogP contribution in [-0.4, -0.2) is 47.7 Å². The van der Waals surface area contributed by atoms with Gasteiger partial charge in [0.1, 0.15) is 9.84 Å². The van der Waals surface area contributed by atoms with E-state index >= 15 is 0 Å². The van der Waals surface area contributed by atoms with Gasteiger partial charge in [0.2, 0.25) is 0 Å². The Labute approximate surface area is 132 Å². The van der Waals surface area contributed by atoms with Gasteiger partial charge in [-0.2, -0.15) is 0 Å². The molecule has 1 aromatic rings. The van der Waals surface area contributed by atoms with Gasteiger partial charge in [-0.1, -0.05) is 22.0 Å². The molecule has 6 nitrogen and oxygen atoms in total. The molecule has 0 aliphatic rings. The minimum Gasteiger partial charge on any atom is -0.465 e. The maximum absolute atomic E-state index is 11.9. The van der Waals surface area contributed by atoms with E-state index in [4.69, 9.17) is 0 Å². The van der Waals surface area contributed by atoms with E-state index in [1.807, 2.05) is 0 Å². The highest BCUT2D eigenvalue weighted by Gasteiger charge is 2.18. The van der Waals surface area contributed by atoms with Gasteiger partial charge in [-0.15, -0.1) is 0 Å². The van der Waals surface area contributed by atoms with Crippen LogP contribution in [0.1, 0.15) is 15.9 Å².